The Hall–Kier alpha value is -3.56. The normalized spacial score (nSPS) is 16.6. The van der Waals surface area contributed by atoms with Gasteiger partial charge in [0.25, 0.3) is 0 Å². The summed E-state index contributed by atoms with van der Waals surface area (Å²) in [6, 6.07) is 12.3. The largest absolute Gasteiger partial charge is 0.453 e. The lowest BCUT2D eigenvalue weighted by Crippen LogP contribution is -2.30. The predicted molar refractivity (Wildman–Crippen MR) is 157 cm³/mol. The zero-order valence-electron chi connectivity index (χ0n) is 22.5. The number of rotatable bonds is 7. The maximum Gasteiger partial charge on any atom is 0.319 e. The van der Waals surface area contributed by atoms with E-state index in [1.54, 1.807) is 18.3 Å². The van der Waals surface area contributed by atoms with Crippen molar-refractivity contribution in [3.63, 3.8) is 0 Å². The molecule has 0 radical (unpaired) electrons. The summed E-state index contributed by atoms with van der Waals surface area (Å²) in [7, 11) is 0. The number of urea groups is 1. The highest BCUT2D eigenvalue weighted by Gasteiger charge is 2.23. The van der Waals surface area contributed by atoms with Gasteiger partial charge in [-0.05, 0) is 68.6 Å². The molecule has 7 nitrogen and oxygen atoms in total. The van der Waals surface area contributed by atoms with Crippen LogP contribution in [0.2, 0.25) is 0 Å². The summed E-state index contributed by atoms with van der Waals surface area (Å²) in [6.07, 6.45) is 13.5. The molecule has 2 N–H and O–H groups in total. The topological polar surface area (TPSA) is 79.4 Å². The molecule has 4 aromatic rings. The molecular formula is C31H34FN5O2S. The van der Waals surface area contributed by atoms with E-state index in [-0.39, 0.29) is 17.8 Å². The number of benzene rings is 1. The van der Waals surface area contributed by atoms with Gasteiger partial charge in [0.15, 0.2) is 11.6 Å². The standard InChI is InChI=1S/C31H34FN5O2S/c32-24-17-23(36-31(38)35-22-8-9-22)10-12-27(24)39-28-13-14-33-26-18-29(40-30(26)28)25-11-7-21(19-34-25)20-37-15-5-3-1-2-4-6-16-37/h7,10-14,17-19,22H,1-6,8-9,15-16,20H2,(H2,35,36,38). The van der Waals surface area contributed by atoms with Gasteiger partial charge in [-0.1, -0.05) is 31.7 Å². The number of aromatic nitrogens is 2. The third-order valence-electron chi connectivity index (χ3n) is 7.38. The predicted octanol–water partition coefficient (Wildman–Crippen LogP) is 7.73. The smallest absolute Gasteiger partial charge is 0.319 e. The molecule has 1 aliphatic carbocycles. The summed E-state index contributed by atoms with van der Waals surface area (Å²) in [5, 5.41) is 5.49. The molecule has 1 saturated heterocycles. The quantitative estimate of drug-likeness (QED) is 0.242. The number of fused-ring (bicyclic) bond motifs is 1. The highest BCUT2D eigenvalue weighted by molar-refractivity contribution is 7.22. The molecule has 3 aromatic heterocycles. The van der Waals surface area contributed by atoms with Crippen molar-refractivity contribution in [2.24, 2.45) is 0 Å². The summed E-state index contributed by atoms with van der Waals surface area (Å²) in [5.74, 6) is 0.0498. The minimum atomic E-state index is -0.557. The van der Waals surface area contributed by atoms with E-state index in [0.717, 1.165) is 53.3 Å². The number of nitrogens with zero attached hydrogens (tertiary/aromatic N) is 3. The van der Waals surface area contributed by atoms with Crippen molar-refractivity contribution in [2.45, 2.75) is 64.0 Å². The van der Waals surface area contributed by atoms with Crippen LogP contribution in [0, 0.1) is 5.82 Å². The Morgan fingerprint density at radius 1 is 0.975 bits per heavy atom. The van der Waals surface area contributed by atoms with E-state index in [1.165, 1.54) is 67.6 Å². The molecule has 208 valence electrons. The lowest BCUT2D eigenvalue weighted by atomic mass is 10.1. The number of anilines is 1. The number of hydrogen-bond acceptors (Lipinski definition) is 6. The van der Waals surface area contributed by atoms with Crippen molar-refractivity contribution in [3.8, 4) is 22.1 Å². The second kappa shape index (κ2) is 12.3. The van der Waals surface area contributed by atoms with Gasteiger partial charge >= 0.3 is 6.03 Å². The lowest BCUT2D eigenvalue weighted by molar-refractivity contribution is 0.251. The monoisotopic (exact) mass is 559 g/mol. The number of carbonyl (C=O) groups excluding carboxylic acids is 1. The first kappa shape index (κ1) is 26.7. The fraction of sp³-hybridized carbons (Fsp3) is 0.387. The van der Waals surface area contributed by atoms with Crippen LogP contribution in [0.15, 0.2) is 54.9 Å². The lowest BCUT2D eigenvalue weighted by Gasteiger charge is -2.21. The van der Waals surface area contributed by atoms with Gasteiger partial charge in [-0.3, -0.25) is 14.9 Å². The van der Waals surface area contributed by atoms with E-state index in [4.69, 9.17) is 9.72 Å². The second-order valence-corrected chi connectivity index (χ2v) is 11.8. The fourth-order valence-electron chi connectivity index (χ4n) is 5.05. The summed E-state index contributed by atoms with van der Waals surface area (Å²) in [4.78, 5) is 24.8. The first-order valence-electron chi connectivity index (χ1n) is 14.2. The Bertz CT molecular complexity index is 1460. The van der Waals surface area contributed by atoms with Crippen molar-refractivity contribution in [1.29, 1.82) is 0 Å². The van der Waals surface area contributed by atoms with E-state index >= 15 is 0 Å². The summed E-state index contributed by atoms with van der Waals surface area (Å²) in [6.45, 7) is 3.24. The Balaban J connectivity index is 1.14. The van der Waals surface area contributed by atoms with E-state index in [0.29, 0.717) is 11.4 Å². The molecular weight excluding hydrogens is 525 g/mol. The van der Waals surface area contributed by atoms with Gasteiger partial charge in [-0.25, -0.2) is 9.18 Å². The molecule has 0 spiro atoms. The van der Waals surface area contributed by atoms with Crippen molar-refractivity contribution in [2.75, 3.05) is 18.4 Å². The number of amides is 2. The number of ether oxygens (including phenoxy) is 1. The van der Waals surface area contributed by atoms with Gasteiger partial charge in [-0.2, -0.15) is 0 Å². The minimum Gasteiger partial charge on any atom is -0.453 e. The van der Waals surface area contributed by atoms with Crippen molar-refractivity contribution in [3.05, 3.63) is 66.2 Å². The summed E-state index contributed by atoms with van der Waals surface area (Å²) < 4.78 is 21.7. The van der Waals surface area contributed by atoms with Gasteiger partial charge in [0.2, 0.25) is 0 Å². The van der Waals surface area contributed by atoms with Gasteiger partial charge in [-0.15, -0.1) is 11.3 Å². The first-order valence-corrected chi connectivity index (χ1v) is 15.0. The average molecular weight is 560 g/mol. The van der Waals surface area contributed by atoms with Gasteiger partial charge in [0.1, 0.15) is 5.75 Å². The van der Waals surface area contributed by atoms with E-state index in [9.17, 15) is 9.18 Å². The van der Waals surface area contributed by atoms with Crippen LogP contribution in [0.5, 0.6) is 11.5 Å². The molecule has 9 heteroatoms. The van der Waals surface area contributed by atoms with Crippen molar-refractivity contribution < 1.29 is 13.9 Å². The second-order valence-electron chi connectivity index (χ2n) is 10.7. The van der Waals surface area contributed by atoms with Crippen LogP contribution < -0.4 is 15.4 Å². The number of nitrogens with one attached hydrogen (secondary N) is 2. The third-order valence-corrected chi connectivity index (χ3v) is 8.54. The average Bonchev–Trinajstić information content (AvgIpc) is 3.61. The zero-order valence-corrected chi connectivity index (χ0v) is 23.3. The molecule has 0 bridgehead atoms. The van der Waals surface area contributed by atoms with Crippen molar-refractivity contribution >= 4 is 33.3 Å². The maximum absolute atomic E-state index is 14.9. The minimum absolute atomic E-state index is 0.0815. The summed E-state index contributed by atoms with van der Waals surface area (Å²) in [5.41, 5.74) is 3.26. The van der Waals surface area contributed by atoms with Crippen LogP contribution in [0.25, 0.3) is 20.8 Å². The highest BCUT2D eigenvalue weighted by atomic mass is 32.1. The number of halogens is 1. The van der Waals surface area contributed by atoms with Crippen LogP contribution in [0.3, 0.4) is 0 Å². The van der Waals surface area contributed by atoms with E-state index < -0.39 is 5.82 Å². The number of pyridine rings is 2. The van der Waals surface area contributed by atoms with E-state index in [1.807, 2.05) is 12.3 Å². The maximum atomic E-state index is 14.9. The Kier molecular flexibility index (Phi) is 8.20. The SMILES string of the molecule is O=C(Nc1ccc(Oc2ccnc3cc(-c4ccc(CN5CCCCCCCC5)cn4)sc23)c(F)c1)NC1CC1. The van der Waals surface area contributed by atoms with Crippen LogP contribution in [0.4, 0.5) is 14.9 Å². The number of hydrogen-bond donors (Lipinski definition) is 2. The van der Waals surface area contributed by atoms with E-state index in [2.05, 4.69) is 32.7 Å². The molecule has 4 heterocycles. The Labute approximate surface area is 237 Å². The number of carbonyl (C=O) groups is 1. The fourth-order valence-corrected chi connectivity index (χ4v) is 6.09. The van der Waals surface area contributed by atoms with Gasteiger partial charge in [0.05, 0.1) is 20.8 Å². The highest BCUT2D eigenvalue weighted by Crippen LogP contribution is 2.39. The molecule has 1 aliphatic heterocycles. The third kappa shape index (κ3) is 6.77. The molecule has 2 aliphatic rings. The van der Waals surface area contributed by atoms with Crippen LogP contribution in [0.1, 0.15) is 56.9 Å². The molecule has 0 atom stereocenters. The molecule has 40 heavy (non-hydrogen) atoms. The molecule has 1 aromatic carbocycles. The molecule has 2 amide bonds. The summed E-state index contributed by atoms with van der Waals surface area (Å²) >= 11 is 1.53. The zero-order chi connectivity index (χ0) is 27.3. The van der Waals surface area contributed by atoms with Crippen LogP contribution in [-0.4, -0.2) is 40.0 Å². The molecule has 0 unspecified atom stereocenters. The molecule has 2 fully saturated rings. The van der Waals surface area contributed by atoms with Crippen LogP contribution in [-0.2, 0) is 6.54 Å². The Morgan fingerprint density at radius 2 is 1.77 bits per heavy atom. The van der Waals surface area contributed by atoms with Crippen LogP contribution >= 0.6 is 11.3 Å². The number of thiophene rings is 1. The van der Waals surface area contributed by atoms with Gasteiger partial charge < -0.3 is 15.4 Å². The molecule has 6 rings (SSSR count). The van der Waals surface area contributed by atoms with Crippen molar-refractivity contribution in [1.82, 2.24) is 20.2 Å². The van der Waals surface area contributed by atoms with Gasteiger partial charge in [0, 0.05) is 42.8 Å². The first-order chi connectivity index (χ1) is 19.6. The molecule has 1 saturated carbocycles. The Morgan fingerprint density at radius 3 is 2.50 bits per heavy atom.